The maximum Gasteiger partial charge on any atom is 0.224 e. The first-order chi connectivity index (χ1) is 10.3. The topological polar surface area (TPSA) is 73.6 Å². The minimum absolute atomic E-state index is 0. The van der Waals surface area contributed by atoms with E-state index < -0.39 is 0 Å². The Morgan fingerprint density at radius 3 is 2.59 bits per heavy atom. The van der Waals surface area contributed by atoms with Crippen LogP contribution in [0.1, 0.15) is 38.5 Å². The van der Waals surface area contributed by atoms with Gasteiger partial charge < -0.3 is 20.5 Å². The summed E-state index contributed by atoms with van der Waals surface area (Å²) in [5.41, 5.74) is 6.20. The van der Waals surface area contributed by atoms with Crippen molar-refractivity contribution in [2.45, 2.75) is 50.7 Å². The first kappa shape index (κ1) is 18.0. The first-order valence-corrected chi connectivity index (χ1v) is 8.48. The van der Waals surface area contributed by atoms with Crippen molar-refractivity contribution in [3.05, 3.63) is 0 Å². The van der Waals surface area contributed by atoms with E-state index in [1.807, 2.05) is 0 Å². The van der Waals surface area contributed by atoms with E-state index in [1.165, 1.54) is 12.8 Å². The van der Waals surface area contributed by atoms with Crippen LogP contribution in [0.3, 0.4) is 0 Å². The Balaban J connectivity index is 0.00000176. The molecule has 22 heavy (non-hydrogen) atoms. The number of fused-ring (bicyclic) bond motifs is 2. The van der Waals surface area contributed by atoms with Gasteiger partial charge in [0.05, 0.1) is 12.0 Å². The standard InChI is InChI=1S/C16H28N2O3.ClH/c17-15-12-3-2-11(10-12)14(15)16(19)18-6-1-7-21-13-4-8-20-9-5-13;/h11-15H,1-10,17H2,(H,18,19);1H. The van der Waals surface area contributed by atoms with Crippen LogP contribution in [0.5, 0.6) is 0 Å². The molecule has 0 radical (unpaired) electrons. The molecule has 128 valence electrons. The summed E-state index contributed by atoms with van der Waals surface area (Å²) in [5, 5.41) is 3.05. The lowest BCUT2D eigenvalue weighted by Gasteiger charge is -2.27. The Kier molecular flexibility index (Phi) is 6.93. The fourth-order valence-corrected chi connectivity index (χ4v) is 4.22. The lowest BCUT2D eigenvalue weighted by Crippen LogP contribution is -2.45. The molecular formula is C16H29ClN2O3. The van der Waals surface area contributed by atoms with Gasteiger partial charge in [0, 0.05) is 32.4 Å². The number of hydrogen-bond donors (Lipinski definition) is 2. The summed E-state index contributed by atoms with van der Waals surface area (Å²) in [6.07, 6.45) is 6.76. The summed E-state index contributed by atoms with van der Waals surface area (Å²) in [4.78, 5) is 12.3. The van der Waals surface area contributed by atoms with Crippen molar-refractivity contribution in [3.8, 4) is 0 Å². The van der Waals surface area contributed by atoms with E-state index in [0.29, 0.717) is 31.1 Å². The van der Waals surface area contributed by atoms with Crippen molar-refractivity contribution < 1.29 is 14.3 Å². The molecule has 0 aromatic rings. The van der Waals surface area contributed by atoms with Crippen molar-refractivity contribution in [1.29, 1.82) is 0 Å². The van der Waals surface area contributed by atoms with E-state index in [1.54, 1.807) is 0 Å². The highest BCUT2D eigenvalue weighted by Gasteiger charge is 2.48. The normalized spacial score (nSPS) is 34.4. The number of hydrogen-bond acceptors (Lipinski definition) is 4. The molecule has 3 N–H and O–H groups in total. The van der Waals surface area contributed by atoms with Crippen LogP contribution in [-0.2, 0) is 14.3 Å². The smallest absolute Gasteiger partial charge is 0.224 e. The highest BCUT2D eigenvalue weighted by Crippen LogP contribution is 2.47. The summed E-state index contributed by atoms with van der Waals surface area (Å²) in [6, 6.07) is 0.0854. The molecule has 1 aliphatic heterocycles. The molecule has 2 aliphatic carbocycles. The molecule has 3 aliphatic rings. The average Bonchev–Trinajstić information content (AvgIpc) is 3.08. The number of nitrogens with one attached hydrogen (secondary N) is 1. The van der Waals surface area contributed by atoms with Gasteiger partial charge in [-0.05, 0) is 50.4 Å². The Morgan fingerprint density at radius 2 is 1.91 bits per heavy atom. The van der Waals surface area contributed by atoms with Gasteiger partial charge in [0.15, 0.2) is 0 Å². The number of halogens is 1. The highest BCUT2D eigenvalue weighted by atomic mass is 35.5. The van der Waals surface area contributed by atoms with Gasteiger partial charge in [-0.15, -0.1) is 12.4 Å². The van der Waals surface area contributed by atoms with E-state index in [-0.39, 0.29) is 30.3 Å². The molecule has 2 bridgehead atoms. The number of amides is 1. The number of carbonyl (C=O) groups is 1. The van der Waals surface area contributed by atoms with Gasteiger partial charge in [-0.1, -0.05) is 0 Å². The maximum atomic E-state index is 12.3. The van der Waals surface area contributed by atoms with Gasteiger partial charge in [0.2, 0.25) is 5.91 Å². The van der Waals surface area contributed by atoms with Crippen LogP contribution in [0.15, 0.2) is 0 Å². The van der Waals surface area contributed by atoms with E-state index in [0.717, 1.165) is 38.9 Å². The zero-order valence-corrected chi connectivity index (χ0v) is 14.0. The molecule has 3 rings (SSSR count). The number of ether oxygens (including phenoxy) is 2. The molecule has 3 fully saturated rings. The summed E-state index contributed by atoms with van der Waals surface area (Å²) < 4.78 is 11.1. The van der Waals surface area contributed by atoms with Crippen LogP contribution >= 0.6 is 12.4 Å². The highest BCUT2D eigenvalue weighted by molar-refractivity contribution is 5.85. The largest absolute Gasteiger partial charge is 0.381 e. The minimum Gasteiger partial charge on any atom is -0.381 e. The minimum atomic E-state index is 0. The number of rotatable bonds is 6. The van der Waals surface area contributed by atoms with E-state index in [9.17, 15) is 4.79 Å². The van der Waals surface area contributed by atoms with Gasteiger partial charge in [-0.25, -0.2) is 0 Å². The molecule has 1 amide bonds. The third kappa shape index (κ3) is 4.13. The zero-order chi connectivity index (χ0) is 14.7. The van der Waals surface area contributed by atoms with Gasteiger partial charge in [0.1, 0.15) is 0 Å². The molecule has 1 saturated heterocycles. The van der Waals surface area contributed by atoms with Gasteiger partial charge in [-0.3, -0.25) is 4.79 Å². The van der Waals surface area contributed by atoms with Crippen LogP contribution in [0, 0.1) is 17.8 Å². The van der Waals surface area contributed by atoms with E-state index in [4.69, 9.17) is 15.2 Å². The number of nitrogens with two attached hydrogens (primary N) is 1. The van der Waals surface area contributed by atoms with Crippen molar-refractivity contribution in [3.63, 3.8) is 0 Å². The SMILES string of the molecule is Cl.NC1C2CCC(C2)C1C(=O)NCCCOC1CCOCC1. The van der Waals surface area contributed by atoms with Gasteiger partial charge in [0.25, 0.3) is 0 Å². The second-order valence-electron chi connectivity index (χ2n) is 6.76. The molecule has 0 aromatic carbocycles. The fraction of sp³-hybridized carbons (Fsp3) is 0.938. The summed E-state index contributed by atoms with van der Waals surface area (Å²) in [6.45, 7) is 3.03. The Bertz CT molecular complexity index is 361. The lowest BCUT2D eigenvalue weighted by atomic mass is 9.84. The predicted octanol–water partition coefficient (Wildman–Crippen LogP) is 1.48. The van der Waals surface area contributed by atoms with Gasteiger partial charge in [-0.2, -0.15) is 0 Å². The molecule has 4 atom stereocenters. The predicted molar refractivity (Wildman–Crippen MR) is 87.0 cm³/mol. The summed E-state index contributed by atoms with van der Waals surface area (Å²) in [7, 11) is 0. The Labute approximate surface area is 139 Å². The first-order valence-electron chi connectivity index (χ1n) is 8.48. The molecule has 4 unspecified atom stereocenters. The van der Waals surface area contributed by atoms with Crippen molar-refractivity contribution in [2.24, 2.45) is 23.5 Å². The Hall–Kier alpha value is -0.360. The molecule has 1 heterocycles. The quantitative estimate of drug-likeness (QED) is 0.723. The van der Waals surface area contributed by atoms with E-state index >= 15 is 0 Å². The van der Waals surface area contributed by atoms with E-state index in [2.05, 4.69) is 5.32 Å². The molecule has 0 spiro atoms. The Morgan fingerprint density at radius 1 is 1.18 bits per heavy atom. The lowest BCUT2D eigenvalue weighted by molar-refractivity contribution is -0.127. The monoisotopic (exact) mass is 332 g/mol. The van der Waals surface area contributed by atoms with Crippen molar-refractivity contribution in [1.82, 2.24) is 5.32 Å². The van der Waals surface area contributed by atoms with Crippen LogP contribution in [0.25, 0.3) is 0 Å². The van der Waals surface area contributed by atoms with Gasteiger partial charge >= 0.3 is 0 Å². The zero-order valence-electron chi connectivity index (χ0n) is 13.2. The summed E-state index contributed by atoms with van der Waals surface area (Å²) >= 11 is 0. The maximum absolute atomic E-state index is 12.3. The fourth-order valence-electron chi connectivity index (χ4n) is 4.22. The average molecular weight is 333 g/mol. The van der Waals surface area contributed by atoms with Crippen LogP contribution in [0.2, 0.25) is 0 Å². The molecule has 6 heteroatoms. The summed E-state index contributed by atoms with van der Waals surface area (Å²) in [5.74, 6) is 1.34. The molecule has 0 aromatic heterocycles. The van der Waals surface area contributed by atoms with Crippen molar-refractivity contribution >= 4 is 18.3 Å². The molecule has 2 saturated carbocycles. The second-order valence-corrected chi connectivity index (χ2v) is 6.76. The number of carbonyl (C=O) groups excluding carboxylic acids is 1. The van der Waals surface area contributed by atoms with Crippen LogP contribution in [-0.4, -0.2) is 44.4 Å². The van der Waals surface area contributed by atoms with Crippen LogP contribution in [0.4, 0.5) is 0 Å². The van der Waals surface area contributed by atoms with Crippen molar-refractivity contribution in [2.75, 3.05) is 26.4 Å². The molecular weight excluding hydrogens is 304 g/mol. The third-order valence-corrected chi connectivity index (χ3v) is 5.43. The van der Waals surface area contributed by atoms with Crippen LogP contribution < -0.4 is 11.1 Å². The second kappa shape index (κ2) is 8.48. The molecule has 5 nitrogen and oxygen atoms in total. The third-order valence-electron chi connectivity index (χ3n) is 5.43.